The molecule has 0 saturated carbocycles. The highest BCUT2D eigenvalue weighted by atomic mass is 35.5. The number of halogens is 1. The molecule has 1 aromatic rings. The topological polar surface area (TPSA) is 35.8 Å². The molecule has 0 atom stereocenters. The minimum atomic E-state index is 0.226. The largest absolute Gasteiger partial charge is 0.383 e. The summed E-state index contributed by atoms with van der Waals surface area (Å²) in [6, 6.07) is 7.52. The molecule has 0 aromatic heterocycles. The molecule has 0 heterocycles. The molecule has 0 bridgehead atoms. The monoisotopic (exact) mass is 278 g/mol. The summed E-state index contributed by atoms with van der Waals surface area (Å²) in [7, 11) is 0. The summed E-state index contributed by atoms with van der Waals surface area (Å²) in [6.45, 7) is 7.58. The van der Waals surface area contributed by atoms with Gasteiger partial charge in [-0.2, -0.15) is 5.26 Å². The van der Waals surface area contributed by atoms with Crippen molar-refractivity contribution < 1.29 is 0 Å². The number of hydrogen-bond donors (Lipinski definition) is 1. The van der Waals surface area contributed by atoms with Crippen LogP contribution in [0.1, 0.15) is 52.0 Å². The fraction of sp³-hybridized carbons (Fsp3) is 0.562. The van der Waals surface area contributed by atoms with Gasteiger partial charge in [0, 0.05) is 11.6 Å². The number of benzene rings is 1. The molecule has 3 heteroatoms. The predicted octanol–water partition coefficient (Wildman–Crippen LogP) is 5.23. The van der Waals surface area contributed by atoms with Gasteiger partial charge >= 0.3 is 0 Å². The molecule has 0 amide bonds. The first-order valence-electron chi connectivity index (χ1n) is 6.92. The Morgan fingerprint density at radius 2 is 2.05 bits per heavy atom. The highest BCUT2D eigenvalue weighted by Crippen LogP contribution is 2.26. The standard InChI is InChI=1S/C16H23ClN2/c1-4-5-6-9-16(2,3)12-19-15-10-14(17)8-7-13(15)11-18/h7-8,10,19H,4-6,9,12H2,1-3H3. The molecule has 0 radical (unpaired) electrons. The van der Waals surface area contributed by atoms with Gasteiger partial charge in [-0.3, -0.25) is 0 Å². The van der Waals surface area contributed by atoms with E-state index in [0.29, 0.717) is 10.6 Å². The van der Waals surface area contributed by atoms with Gasteiger partial charge < -0.3 is 5.32 Å². The molecular weight excluding hydrogens is 256 g/mol. The average molecular weight is 279 g/mol. The minimum absolute atomic E-state index is 0.226. The van der Waals surface area contributed by atoms with Crippen molar-refractivity contribution in [1.82, 2.24) is 0 Å². The summed E-state index contributed by atoms with van der Waals surface area (Å²) in [6.07, 6.45) is 4.97. The van der Waals surface area contributed by atoms with E-state index >= 15 is 0 Å². The summed E-state index contributed by atoms with van der Waals surface area (Å²) in [5, 5.41) is 13.1. The average Bonchev–Trinajstić information content (AvgIpc) is 2.37. The third-order valence-electron chi connectivity index (χ3n) is 3.32. The zero-order valence-electron chi connectivity index (χ0n) is 12.1. The van der Waals surface area contributed by atoms with Gasteiger partial charge in [-0.05, 0) is 30.0 Å². The van der Waals surface area contributed by atoms with Gasteiger partial charge in [0.15, 0.2) is 0 Å². The van der Waals surface area contributed by atoms with Crippen LogP contribution in [0.4, 0.5) is 5.69 Å². The normalized spacial score (nSPS) is 11.1. The van der Waals surface area contributed by atoms with Crippen LogP contribution in [0.25, 0.3) is 0 Å². The third-order valence-corrected chi connectivity index (χ3v) is 3.55. The highest BCUT2D eigenvalue weighted by molar-refractivity contribution is 6.30. The Labute approximate surface area is 121 Å². The van der Waals surface area contributed by atoms with Crippen LogP contribution in [0.15, 0.2) is 18.2 Å². The fourth-order valence-electron chi connectivity index (χ4n) is 2.04. The lowest BCUT2D eigenvalue weighted by Crippen LogP contribution is -2.23. The maximum absolute atomic E-state index is 9.08. The van der Waals surface area contributed by atoms with E-state index in [2.05, 4.69) is 32.2 Å². The summed E-state index contributed by atoms with van der Waals surface area (Å²) in [4.78, 5) is 0. The molecular formula is C16H23ClN2. The van der Waals surface area contributed by atoms with E-state index in [1.54, 1.807) is 12.1 Å². The Hall–Kier alpha value is -1.20. The first-order chi connectivity index (χ1) is 8.98. The maximum Gasteiger partial charge on any atom is 0.101 e. The molecule has 0 spiro atoms. The number of nitriles is 1. The molecule has 0 aliphatic heterocycles. The van der Waals surface area contributed by atoms with E-state index in [0.717, 1.165) is 12.2 Å². The Kier molecular flexibility index (Phi) is 6.18. The van der Waals surface area contributed by atoms with Gasteiger partial charge in [-0.25, -0.2) is 0 Å². The van der Waals surface area contributed by atoms with Crippen LogP contribution in [0.3, 0.4) is 0 Å². The van der Waals surface area contributed by atoms with Crippen LogP contribution in [-0.2, 0) is 0 Å². The zero-order chi connectivity index (χ0) is 14.3. The molecule has 0 saturated heterocycles. The van der Waals surface area contributed by atoms with Crippen molar-refractivity contribution in [3.63, 3.8) is 0 Å². The molecule has 19 heavy (non-hydrogen) atoms. The Balaban J connectivity index is 2.60. The van der Waals surface area contributed by atoms with Crippen molar-refractivity contribution in [3.8, 4) is 6.07 Å². The number of unbranched alkanes of at least 4 members (excludes halogenated alkanes) is 2. The predicted molar refractivity (Wildman–Crippen MR) is 82.6 cm³/mol. The Morgan fingerprint density at radius 3 is 2.68 bits per heavy atom. The summed E-state index contributed by atoms with van der Waals surface area (Å²) in [5.41, 5.74) is 1.71. The summed E-state index contributed by atoms with van der Waals surface area (Å²) < 4.78 is 0. The van der Waals surface area contributed by atoms with Gasteiger partial charge in [-0.15, -0.1) is 0 Å². The lowest BCUT2D eigenvalue weighted by Gasteiger charge is -2.26. The summed E-state index contributed by atoms with van der Waals surface area (Å²) >= 11 is 5.98. The van der Waals surface area contributed by atoms with Crippen molar-refractivity contribution in [1.29, 1.82) is 5.26 Å². The van der Waals surface area contributed by atoms with Crippen molar-refractivity contribution in [3.05, 3.63) is 28.8 Å². The Morgan fingerprint density at radius 1 is 1.32 bits per heavy atom. The van der Waals surface area contributed by atoms with Crippen LogP contribution in [0, 0.1) is 16.7 Å². The van der Waals surface area contributed by atoms with Gasteiger partial charge in [0.05, 0.1) is 11.3 Å². The highest BCUT2D eigenvalue weighted by Gasteiger charge is 2.17. The number of nitrogens with zero attached hydrogens (tertiary/aromatic N) is 1. The number of rotatable bonds is 7. The number of hydrogen-bond acceptors (Lipinski definition) is 2. The molecule has 0 aliphatic rings. The molecule has 1 N–H and O–H groups in total. The first-order valence-corrected chi connectivity index (χ1v) is 7.30. The van der Waals surface area contributed by atoms with E-state index in [1.165, 1.54) is 25.7 Å². The van der Waals surface area contributed by atoms with Crippen molar-refractivity contribution in [2.24, 2.45) is 5.41 Å². The van der Waals surface area contributed by atoms with E-state index in [4.69, 9.17) is 16.9 Å². The lowest BCUT2D eigenvalue weighted by atomic mass is 9.86. The number of anilines is 1. The SMILES string of the molecule is CCCCCC(C)(C)CNc1cc(Cl)ccc1C#N. The van der Waals surface area contributed by atoms with Crippen LogP contribution < -0.4 is 5.32 Å². The van der Waals surface area contributed by atoms with Crippen LogP contribution in [0.5, 0.6) is 0 Å². The molecule has 1 rings (SSSR count). The van der Waals surface area contributed by atoms with Gasteiger partial charge in [-0.1, -0.05) is 51.6 Å². The fourth-order valence-corrected chi connectivity index (χ4v) is 2.21. The van der Waals surface area contributed by atoms with E-state index in [-0.39, 0.29) is 5.41 Å². The quantitative estimate of drug-likeness (QED) is 0.693. The van der Waals surface area contributed by atoms with Gasteiger partial charge in [0.25, 0.3) is 0 Å². The van der Waals surface area contributed by atoms with Crippen molar-refractivity contribution >= 4 is 17.3 Å². The van der Waals surface area contributed by atoms with Crippen LogP contribution in [-0.4, -0.2) is 6.54 Å². The minimum Gasteiger partial charge on any atom is -0.383 e. The smallest absolute Gasteiger partial charge is 0.101 e. The van der Waals surface area contributed by atoms with Crippen LogP contribution >= 0.6 is 11.6 Å². The number of nitrogens with one attached hydrogen (secondary N) is 1. The lowest BCUT2D eigenvalue weighted by molar-refractivity contribution is 0.342. The second-order valence-corrected chi connectivity index (χ2v) is 6.21. The zero-order valence-corrected chi connectivity index (χ0v) is 12.8. The van der Waals surface area contributed by atoms with Crippen LogP contribution in [0.2, 0.25) is 5.02 Å². The molecule has 1 aromatic carbocycles. The van der Waals surface area contributed by atoms with E-state index < -0.39 is 0 Å². The molecule has 104 valence electrons. The second kappa shape index (κ2) is 7.40. The molecule has 0 fully saturated rings. The third kappa shape index (κ3) is 5.53. The van der Waals surface area contributed by atoms with Gasteiger partial charge in [0.2, 0.25) is 0 Å². The molecule has 0 unspecified atom stereocenters. The molecule has 0 aliphatic carbocycles. The molecule has 2 nitrogen and oxygen atoms in total. The van der Waals surface area contributed by atoms with E-state index in [9.17, 15) is 0 Å². The van der Waals surface area contributed by atoms with E-state index in [1.807, 2.05) is 6.07 Å². The Bertz CT molecular complexity index is 447. The maximum atomic E-state index is 9.08. The first kappa shape index (κ1) is 15.9. The van der Waals surface area contributed by atoms with Crippen molar-refractivity contribution in [2.75, 3.05) is 11.9 Å². The summed E-state index contributed by atoms with van der Waals surface area (Å²) in [5.74, 6) is 0. The second-order valence-electron chi connectivity index (χ2n) is 5.78. The van der Waals surface area contributed by atoms with Gasteiger partial charge in [0.1, 0.15) is 6.07 Å². The van der Waals surface area contributed by atoms with Crippen molar-refractivity contribution in [2.45, 2.75) is 46.5 Å².